The standard InChI is InChI=1S/C11H17N3O2/c1-5-6-14-8(7-11(2,3)16-4)9(12)13-10(14)15/h1,8H,6-7H2,2-4H3,(H2,12,13,15). The lowest BCUT2D eigenvalue weighted by Gasteiger charge is -2.30. The number of nitrogens with zero attached hydrogens (tertiary/aromatic N) is 2. The van der Waals surface area contributed by atoms with Crippen LogP contribution in [0.25, 0.3) is 0 Å². The molecule has 1 aliphatic rings. The molecular weight excluding hydrogens is 206 g/mol. The predicted molar refractivity (Wildman–Crippen MR) is 62.1 cm³/mol. The minimum absolute atomic E-state index is 0.216. The van der Waals surface area contributed by atoms with Crippen LogP contribution < -0.4 is 5.73 Å². The van der Waals surface area contributed by atoms with Gasteiger partial charge in [0, 0.05) is 13.5 Å². The average molecular weight is 223 g/mol. The number of nitrogens with two attached hydrogens (primary N) is 1. The molecule has 1 rings (SSSR count). The SMILES string of the molecule is C#CCN1C(=O)N=C(N)C1CC(C)(C)OC. The monoisotopic (exact) mass is 223 g/mol. The van der Waals surface area contributed by atoms with E-state index in [1.165, 1.54) is 4.90 Å². The number of hydrogen-bond donors (Lipinski definition) is 1. The predicted octanol–water partition coefficient (Wildman–Crippen LogP) is 0.596. The first-order valence-corrected chi connectivity index (χ1v) is 5.04. The van der Waals surface area contributed by atoms with Gasteiger partial charge in [0.25, 0.3) is 0 Å². The lowest BCUT2D eigenvalue weighted by molar-refractivity contribution is 0.00613. The molecule has 16 heavy (non-hydrogen) atoms. The van der Waals surface area contributed by atoms with Crippen molar-refractivity contribution in [2.75, 3.05) is 13.7 Å². The molecular formula is C11H17N3O2. The Kier molecular flexibility index (Phi) is 3.55. The van der Waals surface area contributed by atoms with Gasteiger partial charge in [-0.05, 0) is 13.8 Å². The summed E-state index contributed by atoms with van der Waals surface area (Å²) in [6.45, 7) is 4.07. The van der Waals surface area contributed by atoms with Crippen LogP contribution in [0.4, 0.5) is 4.79 Å². The van der Waals surface area contributed by atoms with Gasteiger partial charge in [-0.1, -0.05) is 5.92 Å². The highest BCUT2D eigenvalue weighted by molar-refractivity contribution is 6.02. The largest absolute Gasteiger partial charge is 0.385 e. The normalized spacial score (nSPS) is 20.9. The maximum atomic E-state index is 11.5. The van der Waals surface area contributed by atoms with Crippen molar-refractivity contribution in [1.82, 2.24) is 4.90 Å². The Balaban J connectivity index is 2.81. The molecule has 1 heterocycles. The van der Waals surface area contributed by atoms with Crippen molar-refractivity contribution >= 4 is 11.9 Å². The third-order valence-corrected chi connectivity index (χ3v) is 2.69. The highest BCUT2D eigenvalue weighted by Gasteiger charge is 2.36. The number of amides is 2. The quantitative estimate of drug-likeness (QED) is 0.709. The molecule has 5 nitrogen and oxygen atoms in total. The van der Waals surface area contributed by atoms with Gasteiger partial charge < -0.3 is 15.4 Å². The molecule has 0 saturated carbocycles. The maximum Gasteiger partial charge on any atom is 0.346 e. The Morgan fingerprint density at radius 2 is 2.31 bits per heavy atom. The Hall–Kier alpha value is -1.54. The maximum absolute atomic E-state index is 11.5. The number of methoxy groups -OCH3 is 1. The van der Waals surface area contributed by atoms with Crippen LogP contribution in [0.15, 0.2) is 4.99 Å². The average Bonchev–Trinajstić information content (AvgIpc) is 2.45. The van der Waals surface area contributed by atoms with Crippen molar-refractivity contribution in [2.24, 2.45) is 10.7 Å². The number of carbonyl (C=O) groups is 1. The Morgan fingerprint density at radius 3 is 2.81 bits per heavy atom. The number of aliphatic imine (C=N–C) groups is 1. The third kappa shape index (κ3) is 2.52. The van der Waals surface area contributed by atoms with Crippen molar-refractivity contribution in [3.63, 3.8) is 0 Å². The first-order valence-electron chi connectivity index (χ1n) is 5.04. The molecule has 0 fully saturated rings. The third-order valence-electron chi connectivity index (χ3n) is 2.69. The number of carbonyl (C=O) groups excluding carboxylic acids is 1. The molecule has 2 amide bonds. The fraction of sp³-hybridized carbons (Fsp3) is 0.636. The van der Waals surface area contributed by atoms with Crippen LogP contribution in [0.5, 0.6) is 0 Å². The second kappa shape index (κ2) is 4.54. The van der Waals surface area contributed by atoms with Crippen molar-refractivity contribution in [2.45, 2.75) is 31.9 Å². The molecule has 0 aromatic carbocycles. The summed E-state index contributed by atoms with van der Waals surface area (Å²) in [6, 6.07) is -0.633. The van der Waals surface area contributed by atoms with Gasteiger partial charge in [0.15, 0.2) is 0 Å². The lowest BCUT2D eigenvalue weighted by atomic mass is 9.97. The second-order valence-electron chi connectivity index (χ2n) is 4.34. The van der Waals surface area contributed by atoms with Gasteiger partial charge in [0.05, 0.1) is 18.2 Å². The highest BCUT2D eigenvalue weighted by atomic mass is 16.5. The molecule has 1 aliphatic heterocycles. The fourth-order valence-corrected chi connectivity index (χ4v) is 1.58. The van der Waals surface area contributed by atoms with Crippen LogP contribution in [0.3, 0.4) is 0 Å². The van der Waals surface area contributed by atoms with Gasteiger partial charge in [0.1, 0.15) is 5.84 Å². The summed E-state index contributed by atoms with van der Waals surface area (Å²) in [7, 11) is 1.62. The molecule has 88 valence electrons. The summed E-state index contributed by atoms with van der Waals surface area (Å²) in [6.07, 6.45) is 5.78. The number of rotatable bonds is 4. The first kappa shape index (κ1) is 12.5. The van der Waals surface area contributed by atoms with E-state index >= 15 is 0 Å². The molecule has 0 saturated heterocycles. The van der Waals surface area contributed by atoms with Crippen molar-refractivity contribution in [3.05, 3.63) is 0 Å². The van der Waals surface area contributed by atoms with Crippen LogP contribution in [0.1, 0.15) is 20.3 Å². The molecule has 1 atom stereocenters. The Labute approximate surface area is 95.7 Å². The van der Waals surface area contributed by atoms with E-state index in [-0.39, 0.29) is 24.2 Å². The second-order valence-corrected chi connectivity index (χ2v) is 4.34. The van der Waals surface area contributed by atoms with Crippen LogP contribution in [-0.2, 0) is 4.74 Å². The summed E-state index contributed by atoms with van der Waals surface area (Å²) in [4.78, 5) is 16.7. The molecule has 5 heteroatoms. The number of urea groups is 1. The first-order chi connectivity index (χ1) is 7.41. The summed E-state index contributed by atoms with van der Waals surface area (Å²) in [5, 5.41) is 0. The van der Waals surface area contributed by atoms with Gasteiger partial charge in [-0.15, -0.1) is 6.42 Å². The molecule has 2 N–H and O–H groups in total. The molecule has 0 spiro atoms. The zero-order valence-corrected chi connectivity index (χ0v) is 9.86. The minimum Gasteiger partial charge on any atom is -0.385 e. The van der Waals surface area contributed by atoms with Crippen LogP contribution in [-0.4, -0.2) is 42.1 Å². The number of ether oxygens (including phenoxy) is 1. The van der Waals surface area contributed by atoms with Crippen LogP contribution in [0, 0.1) is 12.3 Å². The van der Waals surface area contributed by atoms with Gasteiger partial charge >= 0.3 is 6.03 Å². The van der Waals surface area contributed by atoms with Crippen molar-refractivity contribution < 1.29 is 9.53 Å². The van der Waals surface area contributed by atoms with Gasteiger partial charge in [-0.3, -0.25) is 0 Å². The van der Waals surface area contributed by atoms with E-state index in [4.69, 9.17) is 16.9 Å². The Bertz CT molecular complexity index is 355. The van der Waals surface area contributed by atoms with Crippen molar-refractivity contribution in [3.8, 4) is 12.3 Å². The molecule has 0 aromatic rings. The molecule has 0 bridgehead atoms. The van der Waals surface area contributed by atoms with Crippen LogP contribution >= 0.6 is 0 Å². The Morgan fingerprint density at radius 1 is 1.69 bits per heavy atom. The van der Waals surface area contributed by atoms with Gasteiger partial charge in [-0.2, -0.15) is 4.99 Å². The van der Waals surface area contributed by atoms with Gasteiger partial charge in [-0.25, -0.2) is 4.79 Å². The lowest BCUT2D eigenvalue weighted by Crippen LogP contribution is -2.45. The zero-order chi connectivity index (χ0) is 12.3. The molecule has 1 unspecified atom stereocenters. The summed E-state index contributed by atoms with van der Waals surface area (Å²) in [5.41, 5.74) is 5.34. The van der Waals surface area contributed by atoms with E-state index in [2.05, 4.69) is 10.9 Å². The van der Waals surface area contributed by atoms with E-state index in [1.54, 1.807) is 7.11 Å². The van der Waals surface area contributed by atoms with E-state index in [0.29, 0.717) is 12.3 Å². The summed E-state index contributed by atoms with van der Waals surface area (Å²) in [5.74, 6) is 2.74. The van der Waals surface area contributed by atoms with E-state index in [0.717, 1.165) is 0 Å². The topological polar surface area (TPSA) is 67.9 Å². The molecule has 0 aliphatic carbocycles. The summed E-state index contributed by atoms with van der Waals surface area (Å²) >= 11 is 0. The van der Waals surface area contributed by atoms with Crippen molar-refractivity contribution in [1.29, 1.82) is 0 Å². The minimum atomic E-state index is -0.373. The number of terminal acetylenes is 1. The highest BCUT2D eigenvalue weighted by Crippen LogP contribution is 2.22. The summed E-state index contributed by atoms with van der Waals surface area (Å²) < 4.78 is 5.31. The number of amidine groups is 1. The fourth-order valence-electron chi connectivity index (χ4n) is 1.58. The number of hydrogen-bond acceptors (Lipinski definition) is 3. The van der Waals surface area contributed by atoms with Crippen LogP contribution in [0.2, 0.25) is 0 Å². The smallest absolute Gasteiger partial charge is 0.346 e. The molecule has 0 radical (unpaired) electrons. The zero-order valence-electron chi connectivity index (χ0n) is 9.86. The molecule has 0 aromatic heterocycles. The van der Waals surface area contributed by atoms with E-state index in [9.17, 15) is 4.79 Å². The van der Waals surface area contributed by atoms with E-state index < -0.39 is 0 Å². The van der Waals surface area contributed by atoms with Gasteiger partial charge in [0.2, 0.25) is 0 Å². The van der Waals surface area contributed by atoms with E-state index in [1.807, 2.05) is 13.8 Å².